The number of hydrogen-bond acceptors (Lipinski definition) is 6. The van der Waals surface area contributed by atoms with E-state index in [0.717, 1.165) is 44.0 Å². The molecule has 3 aliphatic rings. The van der Waals surface area contributed by atoms with Gasteiger partial charge in [0.2, 0.25) is 0 Å². The Morgan fingerprint density at radius 3 is 2.68 bits per heavy atom. The third-order valence-corrected chi connectivity index (χ3v) is 8.29. The zero-order chi connectivity index (χ0) is 24.5. The standard InChI is InChI=1S/C24H27F2N3O4S/c1-14(23(2,25)26)33-20-7-6-17(34(3,31)32)10-18(20)21(30)29-12-16-11-24(16,13-29)22-27-9-8-19(28-22)15-4-5-15/h6-10,14-16H,4-5,11-13H2,1-3H3/t14-,16?,24?/m1/s1. The summed E-state index contributed by atoms with van der Waals surface area (Å²) in [7, 11) is -3.61. The first kappa shape index (κ1) is 23.1. The quantitative estimate of drug-likeness (QED) is 0.588. The molecule has 2 saturated carbocycles. The van der Waals surface area contributed by atoms with E-state index in [9.17, 15) is 22.0 Å². The van der Waals surface area contributed by atoms with Crippen LogP contribution < -0.4 is 4.74 Å². The topological polar surface area (TPSA) is 89.5 Å². The van der Waals surface area contributed by atoms with E-state index >= 15 is 0 Å². The number of likely N-dealkylation sites (tertiary alicyclic amines) is 1. The van der Waals surface area contributed by atoms with Crippen LogP contribution in [0.5, 0.6) is 5.75 Å². The molecule has 1 saturated heterocycles. The molecule has 2 aromatic rings. The lowest BCUT2D eigenvalue weighted by atomic mass is 10.0. The summed E-state index contributed by atoms with van der Waals surface area (Å²) in [5.74, 6) is -2.19. The predicted molar refractivity (Wildman–Crippen MR) is 120 cm³/mol. The molecule has 2 aliphatic carbocycles. The summed E-state index contributed by atoms with van der Waals surface area (Å²) in [6.45, 7) is 2.81. The van der Waals surface area contributed by atoms with Crippen LogP contribution in [0.15, 0.2) is 35.4 Å². The number of benzene rings is 1. The molecule has 0 N–H and O–H groups in total. The summed E-state index contributed by atoms with van der Waals surface area (Å²) in [4.78, 5) is 24.4. The highest BCUT2D eigenvalue weighted by atomic mass is 32.2. The molecule has 0 radical (unpaired) electrons. The van der Waals surface area contributed by atoms with Gasteiger partial charge in [0.25, 0.3) is 11.8 Å². The van der Waals surface area contributed by atoms with Crippen LogP contribution in [-0.2, 0) is 15.3 Å². The zero-order valence-corrected chi connectivity index (χ0v) is 20.1. The van der Waals surface area contributed by atoms with Crippen molar-refractivity contribution in [2.24, 2.45) is 5.92 Å². The first-order valence-electron chi connectivity index (χ1n) is 11.4. The van der Waals surface area contributed by atoms with Gasteiger partial charge in [0.05, 0.1) is 15.9 Å². The van der Waals surface area contributed by atoms with Crippen LogP contribution in [0.2, 0.25) is 0 Å². The highest BCUT2D eigenvalue weighted by Crippen LogP contribution is 2.58. The first-order chi connectivity index (χ1) is 15.9. The fourth-order valence-electron chi connectivity index (χ4n) is 4.68. The molecule has 1 aliphatic heterocycles. The van der Waals surface area contributed by atoms with Gasteiger partial charge in [0.1, 0.15) is 11.6 Å². The van der Waals surface area contributed by atoms with E-state index in [2.05, 4.69) is 4.98 Å². The van der Waals surface area contributed by atoms with E-state index in [-0.39, 0.29) is 27.5 Å². The smallest absolute Gasteiger partial charge is 0.281 e. The van der Waals surface area contributed by atoms with Crippen LogP contribution in [0.25, 0.3) is 0 Å². The van der Waals surface area contributed by atoms with Crippen molar-refractivity contribution in [2.45, 2.75) is 61.4 Å². The maximum Gasteiger partial charge on any atom is 0.281 e. The van der Waals surface area contributed by atoms with Gasteiger partial charge in [-0.25, -0.2) is 27.2 Å². The largest absolute Gasteiger partial charge is 0.484 e. The molecule has 34 heavy (non-hydrogen) atoms. The average molecular weight is 492 g/mol. The van der Waals surface area contributed by atoms with Gasteiger partial charge >= 0.3 is 0 Å². The number of nitrogens with zero attached hydrogens (tertiary/aromatic N) is 3. The summed E-state index contributed by atoms with van der Waals surface area (Å²) in [6.07, 6.45) is 4.46. The van der Waals surface area contributed by atoms with E-state index in [1.54, 1.807) is 11.1 Å². The molecule has 3 fully saturated rings. The summed E-state index contributed by atoms with van der Waals surface area (Å²) < 4.78 is 57.2. The third-order valence-electron chi connectivity index (χ3n) is 7.18. The number of carbonyl (C=O) groups excluding carboxylic acids is 1. The van der Waals surface area contributed by atoms with Gasteiger partial charge in [0, 0.05) is 44.1 Å². The molecule has 1 aromatic carbocycles. The molecule has 1 amide bonds. The highest BCUT2D eigenvalue weighted by Gasteiger charge is 2.64. The van der Waals surface area contributed by atoms with E-state index in [4.69, 9.17) is 9.72 Å². The monoisotopic (exact) mass is 491 g/mol. The summed E-state index contributed by atoms with van der Waals surface area (Å²) in [5.41, 5.74) is 0.698. The van der Waals surface area contributed by atoms with Crippen molar-refractivity contribution in [1.29, 1.82) is 0 Å². The Morgan fingerprint density at radius 1 is 1.29 bits per heavy atom. The Hall–Kier alpha value is -2.62. The van der Waals surface area contributed by atoms with Crippen molar-refractivity contribution >= 4 is 15.7 Å². The summed E-state index contributed by atoms with van der Waals surface area (Å²) in [5, 5.41) is 0. The van der Waals surface area contributed by atoms with E-state index < -0.39 is 27.8 Å². The van der Waals surface area contributed by atoms with Crippen molar-refractivity contribution in [3.8, 4) is 5.75 Å². The second-order valence-corrected chi connectivity index (χ2v) is 12.0. The summed E-state index contributed by atoms with van der Waals surface area (Å²) in [6, 6.07) is 5.70. The number of ether oxygens (including phenoxy) is 1. The van der Waals surface area contributed by atoms with Crippen LogP contribution in [-0.4, -0.2) is 60.6 Å². The lowest BCUT2D eigenvalue weighted by Crippen LogP contribution is -2.35. The number of amides is 1. The third kappa shape index (κ3) is 4.16. The van der Waals surface area contributed by atoms with Crippen molar-refractivity contribution in [2.75, 3.05) is 19.3 Å². The lowest BCUT2D eigenvalue weighted by Gasteiger charge is -2.25. The minimum absolute atomic E-state index is 0.0388. The number of carbonyl (C=O) groups is 1. The predicted octanol–water partition coefficient (Wildman–Crippen LogP) is 3.59. The number of hydrogen-bond donors (Lipinski definition) is 0. The molecule has 7 nitrogen and oxygen atoms in total. The Balaban J connectivity index is 1.43. The van der Waals surface area contributed by atoms with Gasteiger partial charge in [-0.15, -0.1) is 0 Å². The number of rotatable bonds is 7. The summed E-state index contributed by atoms with van der Waals surface area (Å²) >= 11 is 0. The molecule has 2 heterocycles. The second-order valence-electron chi connectivity index (χ2n) is 9.97. The number of fused-ring (bicyclic) bond motifs is 1. The van der Waals surface area contributed by atoms with E-state index in [0.29, 0.717) is 19.0 Å². The van der Waals surface area contributed by atoms with Crippen LogP contribution in [0.3, 0.4) is 0 Å². The number of piperidine rings is 1. The molecule has 1 aromatic heterocycles. The number of alkyl halides is 2. The molecule has 0 bridgehead atoms. The molecule has 10 heteroatoms. The molecule has 2 unspecified atom stereocenters. The average Bonchev–Trinajstić information content (AvgIpc) is 3.70. The molecule has 0 spiro atoms. The first-order valence-corrected chi connectivity index (χ1v) is 13.3. The minimum atomic E-state index is -3.61. The van der Waals surface area contributed by atoms with Crippen LogP contribution in [0, 0.1) is 5.92 Å². The fraction of sp³-hybridized carbons (Fsp3) is 0.542. The molecular weight excluding hydrogens is 464 g/mol. The van der Waals surface area contributed by atoms with Crippen LogP contribution >= 0.6 is 0 Å². The van der Waals surface area contributed by atoms with Crippen LogP contribution in [0.1, 0.15) is 60.9 Å². The van der Waals surface area contributed by atoms with Gasteiger partial charge in [-0.05, 0) is 56.4 Å². The lowest BCUT2D eigenvalue weighted by molar-refractivity contribution is -0.0720. The SMILES string of the molecule is C[C@@H](Oc1ccc(S(C)(=O)=O)cc1C(=O)N1CC2CC2(c2nccc(C3CC3)n2)C1)C(C)(F)F. The van der Waals surface area contributed by atoms with Crippen molar-refractivity contribution < 1.29 is 26.7 Å². The second kappa shape index (κ2) is 7.69. The number of sulfone groups is 1. The van der Waals surface area contributed by atoms with Gasteiger partial charge < -0.3 is 9.64 Å². The Labute approximate surface area is 197 Å². The fourth-order valence-corrected chi connectivity index (χ4v) is 5.32. The van der Waals surface area contributed by atoms with Gasteiger partial charge in [-0.3, -0.25) is 4.79 Å². The van der Waals surface area contributed by atoms with Crippen molar-refractivity contribution in [3.63, 3.8) is 0 Å². The number of aromatic nitrogens is 2. The normalized spacial score (nSPS) is 25.1. The minimum Gasteiger partial charge on any atom is -0.484 e. The van der Waals surface area contributed by atoms with Crippen LogP contribution in [0.4, 0.5) is 8.78 Å². The van der Waals surface area contributed by atoms with Crippen molar-refractivity contribution in [3.05, 3.63) is 47.5 Å². The van der Waals surface area contributed by atoms with Crippen molar-refractivity contribution in [1.82, 2.24) is 14.9 Å². The molecular formula is C24H27F2N3O4S. The van der Waals surface area contributed by atoms with E-state index in [1.807, 2.05) is 6.07 Å². The van der Waals surface area contributed by atoms with E-state index in [1.165, 1.54) is 25.1 Å². The Bertz CT molecular complexity index is 1260. The number of halogens is 2. The maximum absolute atomic E-state index is 13.8. The molecule has 182 valence electrons. The Morgan fingerprint density at radius 2 is 2.03 bits per heavy atom. The highest BCUT2D eigenvalue weighted by molar-refractivity contribution is 7.90. The zero-order valence-electron chi connectivity index (χ0n) is 19.3. The molecule has 3 atom stereocenters. The van der Waals surface area contributed by atoms with Gasteiger partial charge in [0.15, 0.2) is 15.9 Å². The maximum atomic E-state index is 13.8. The molecule has 5 rings (SSSR count). The Kier molecular flexibility index (Phi) is 5.24. The van der Waals surface area contributed by atoms with Gasteiger partial charge in [-0.2, -0.15) is 0 Å². The van der Waals surface area contributed by atoms with Gasteiger partial charge in [-0.1, -0.05) is 0 Å².